The van der Waals surface area contributed by atoms with E-state index in [4.69, 9.17) is 32.2 Å². The van der Waals surface area contributed by atoms with E-state index in [-0.39, 0.29) is 0 Å². The van der Waals surface area contributed by atoms with Gasteiger partial charge in [0, 0.05) is 40.6 Å². The Morgan fingerprint density at radius 3 is 1.69 bits per heavy atom. The van der Waals surface area contributed by atoms with Crippen molar-refractivity contribution in [2.45, 2.75) is 50.4 Å². The molecule has 0 saturated carbocycles. The van der Waals surface area contributed by atoms with Crippen LogP contribution in [0.25, 0.3) is 0 Å². The highest BCUT2D eigenvalue weighted by Crippen LogP contribution is 2.14. The van der Waals surface area contributed by atoms with E-state index in [9.17, 15) is 0 Å². The van der Waals surface area contributed by atoms with Crippen LogP contribution in [-0.4, -0.2) is 90.1 Å². The van der Waals surface area contributed by atoms with Crippen molar-refractivity contribution in [3.05, 3.63) is 0 Å². The Balaban J connectivity index is 0.000000260. The first-order valence-corrected chi connectivity index (χ1v) is 15.0. The van der Waals surface area contributed by atoms with Gasteiger partial charge in [0.25, 0.3) is 0 Å². The summed E-state index contributed by atoms with van der Waals surface area (Å²) < 4.78 is 37.0. The minimum absolute atomic E-state index is 0.345. The number of ether oxygens (including phenoxy) is 4. The zero-order valence-electron chi connectivity index (χ0n) is 17.4. The second-order valence-electron chi connectivity index (χ2n) is 7.42. The third-order valence-corrected chi connectivity index (χ3v) is 10.1. The zero-order valence-corrected chi connectivity index (χ0v) is 19.4. The quantitative estimate of drug-likeness (QED) is 0.247. The summed E-state index contributed by atoms with van der Waals surface area (Å²) in [6.45, 7) is 11.3. The monoisotopic (exact) mass is 410 g/mol. The fraction of sp³-hybridized carbons (Fsp3) is 1.00. The van der Waals surface area contributed by atoms with Gasteiger partial charge in [0.05, 0.1) is 26.4 Å². The lowest BCUT2D eigenvalue weighted by Crippen LogP contribution is -2.37. The van der Waals surface area contributed by atoms with Gasteiger partial charge in [-0.2, -0.15) is 0 Å². The van der Waals surface area contributed by atoms with Crippen molar-refractivity contribution < 1.29 is 32.2 Å². The molecule has 2 aliphatic heterocycles. The number of rotatable bonds is 14. The number of epoxide rings is 2. The summed E-state index contributed by atoms with van der Waals surface area (Å²) in [4.78, 5) is 0. The van der Waals surface area contributed by atoms with Gasteiger partial charge >= 0.3 is 8.56 Å². The second-order valence-corrected chi connectivity index (χ2v) is 15.4. The Labute approximate surface area is 160 Å². The predicted octanol–water partition coefficient (Wildman–Crippen LogP) is 2.41. The molecule has 0 N–H and O–H groups in total. The first-order chi connectivity index (χ1) is 12.3. The van der Waals surface area contributed by atoms with Crippen LogP contribution < -0.4 is 0 Å². The average molecular weight is 411 g/mol. The van der Waals surface area contributed by atoms with Gasteiger partial charge in [-0.15, -0.1) is 0 Å². The average Bonchev–Trinajstić information content (AvgIpc) is 3.54. The molecule has 2 aliphatic rings. The fourth-order valence-electron chi connectivity index (χ4n) is 2.01. The highest BCUT2D eigenvalue weighted by Gasteiger charge is 2.29. The van der Waals surface area contributed by atoms with Crippen LogP contribution in [0.4, 0.5) is 0 Å². The molecule has 2 rings (SSSR count). The summed E-state index contributed by atoms with van der Waals surface area (Å²) in [6, 6.07) is 2.04. The molecule has 0 aliphatic carbocycles. The molecule has 2 atom stereocenters. The van der Waals surface area contributed by atoms with E-state index in [0.717, 1.165) is 38.9 Å². The highest BCUT2D eigenvalue weighted by atomic mass is 28.4. The second kappa shape index (κ2) is 12.6. The van der Waals surface area contributed by atoms with E-state index in [1.807, 2.05) is 13.7 Å². The molecular formula is C17H38O7Si2. The lowest BCUT2D eigenvalue weighted by atomic mass is 10.5. The van der Waals surface area contributed by atoms with Gasteiger partial charge in [0.2, 0.25) is 0 Å². The van der Waals surface area contributed by atoms with Gasteiger partial charge in [-0.25, -0.2) is 0 Å². The summed E-state index contributed by atoms with van der Waals surface area (Å²) in [6.07, 6.45) is 1.85. The van der Waals surface area contributed by atoms with Gasteiger partial charge in [0.1, 0.15) is 12.2 Å². The van der Waals surface area contributed by atoms with Crippen molar-refractivity contribution in [3.63, 3.8) is 0 Å². The fourth-order valence-corrected chi connectivity index (χ4v) is 4.30. The predicted molar refractivity (Wildman–Crippen MR) is 105 cm³/mol. The largest absolute Gasteiger partial charge is 0.420 e. The van der Waals surface area contributed by atoms with Crippen LogP contribution in [0.1, 0.15) is 6.42 Å². The third-order valence-electron chi connectivity index (χ3n) is 4.60. The van der Waals surface area contributed by atoms with Crippen molar-refractivity contribution in [2.75, 3.05) is 61.0 Å². The van der Waals surface area contributed by atoms with Gasteiger partial charge < -0.3 is 32.2 Å². The highest BCUT2D eigenvalue weighted by molar-refractivity contribution is 6.71. The smallest absolute Gasteiger partial charge is 0.336 e. The van der Waals surface area contributed by atoms with E-state index >= 15 is 0 Å². The Bertz CT molecular complexity index is 359. The van der Waals surface area contributed by atoms with E-state index in [1.54, 1.807) is 14.2 Å². The third kappa shape index (κ3) is 12.5. The van der Waals surface area contributed by atoms with Crippen molar-refractivity contribution >= 4 is 16.9 Å². The minimum Gasteiger partial charge on any atom is -0.420 e. The molecule has 0 radical (unpaired) electrons. The Morgan fingerprint density at radius 1 is 0.769 bits per heavy atom. The van der Waals surface area contributed by atoms with Crippen LogP contribution in [0.15, 0.2) is 0 Å². The molecule has 0 spiro atoms. The van der Waals surface area contributed by atoms with Crippen LogP contribution >= 0.6 is 0 Å². The molecule has 0 amide bonds. The molecule has 0 aromatic carbocycles. The molecule has 7 nitrogen and oxygen atoms in total. The van der Waals surface area contributed by atoms with Crippen molar-refractivity contribution in [1.29, 1.82) is 0 Å². The lowest BCUT2D eigenvalue weighted by molar-refractivity contribution is 0.116. The Morgan fingerprint density at radius 2 is 1.27 bits per heavy atom. The molecule has 156 valence electrons. The lowest BCUT2D eigenvalue weighted by Gasteiger charge is -2.22. The molecule has 26 heavy (non-hydrogen) atoms. The van der Waals surface area contributed by atoms with Crippen molar-refractivity contribution in [3.8, 4) is 0 Å². The molecule has 0 aromatic rings. The van der Waals surface area contributed by atoms with Gasteiger partial charge in [-0.1, -0.05) is 0 Å². The SMILES string of the molecule is CO[Si](C)(C)CCCOCC1CO1.CO[Si](C)(CCOCC1CO1)OC. The minimum atomic E-state index is -1.91. The summed E-state index contributed by atoms with van der Waals surface area (Å²) in [5.74, 6) is 0. The number of hydrogen-bond acceptors (Lipinski definition) is 7. The molecule has 9 heteroatoms. The first-order valence-electron chi connectivity index (χ1n) is 9.38. The van der Waals surface area contributed by atoms with Gasteiger partial charge in [-0.05, 0) is 32.1 Å². The molecule has 0 aromatic heterocycles. The zero-order chi connectivity index (χ0) is 19.5. The summed E-state index contributed by atoms with van der Waals surface area (Å²) in [7, 11) is 1.93. The van der Waals surface area contributed by atoms with Crippen molar-refractivity contribution in [1.82, 2.24) is 0 Å². The maximum atomic E-state index is 5.44. The van der Waals surface area contributed by atoms with E-state index < -0.39 is 16.9 Å². The maximum Gasteiger partial charge on any atom is 0.336 e. The van der Waals surface area contributed by atoms with Crippen LogP contribution in [0, 0.1) is 0 Å². The molecule has 2 heterocycles. The molecule has 2 fully saturated rings. The summed E-state index contributed by atoms with van der Waals surface area (Å²) in [5, 5.41) is 0. The molecule has 2 unspecified atom stereocenters. The van der Waals surface area contributed by atoms with Gasteiger partial charge in [-0.3, -0.25) is 0 Å². The molecular weight excluding hydrogens is 372 g/mol. The van der Waals surface area contributed by atoms with E-state index in [0.29, 0.717) is 25.4 Å². The first kappa shape index (κ1) is 24.2. The van der Waals surface area contributed by atoms with Crippen LogP contribution in [0.2, 0.25) is 31.7 Å². The Kier molecular flexibility index (Phi) is 11.7. The van der Waals surface area contributed by atoms with E-state index in [2.05, 4.69) is 13.1 Å². The topological polar surface area (TPSA) is 71.2 Å². The van der Waals surface area contributed by atoms with Gasteiger partial charge in [0.15, 0.2) is 8.32 Å². The molecule has 0 bridgehead atoms. The normalized spacial score (nSPS) is 21.9. The summed E-state index contributed by atoms with van der Waals surface area (Å²) >= 11 is 0. The van der Waals surface area contributed by atoms with Crippen LogP contribution in [-0.2, 0) is 32.2 Å². The van der Waals surface area contributed by atoms with E-state index in [1.165, 1.54) is 6.04 Å². The number of hydrogen-bond donors (Lipinski definition) is 0. The van der Waals surface area contributed by atoms with Crippen LogP contribution in [0.3, 0.4) is 0 Å². The summed E-state index contributed by atoms with van der Waals surface area (Å²) in [5.41, 5.74) is 0. The van der Waals surface area contributed by atoms with Crippen molar-refractivity contribution in [2.24, 2.45) is 0 Å². The Hall–Kier alpha value is 0.154. The maximum absolute atomic E-state index is 5.44. The van der Waals surface area contributed by atoms with Crippen LogP contribution in [0.5, 0.6) is 0 Å². The standard InChI is InChI=1S/C9H20O3Si.C8H18O4Si/c1-10-13(2,3)6-4-5-11-7-9-8-12-9;1-9-13(3,10-2)5-4-11-6-8-7-12-8/h9H,4-8H2,1-3H3;8H,4-7H2,1-3H3. The molecule has 2 saturated heterocycles.